The quantitative estimate of drug-likeness (QED) is 0.214. The highest BCUT2D eigenvalue weighted by Gasteiger charge is 2.23. The zero-order valence-corrected chi connectivity index (χ0v) is 23.5. The number of nitrogens with zero attached hydrogens (tertiary/aromatic N) is 1. The number of rotatable bonds is 3. The lowest BCUT2D eigenvalue weighted by Gasteiger charge is -2.26. The molecule has 10 rings (SSSR count). The molecule has 0 saturated carbocycles. The topological polar surface area (TPSA) is 42.7 Å². The van der Waals surface area contributed by atoms with E-state index in [1.165, 1.54) is 10.8 Å². The minimum absolute atomic E-state index is 0.795. The SMILES string of the molecule is c1ccc(N(c2ccc3c(c2)oc2ccccc23)c2cccc3oc4ccc5c(oc6ccc7ccccc7c65)c4c23)cc1. The third-order valence-corrected chi connectivity index (χ3v) is 8.84. The summed E-state index contributed by atoms with van der Waals surface area (Å²) >= 11 is 0. The van der Waals surface area contributed by atoms with Crippen LogP contribution in [0.4, 0.5) is 17.1 Å². The molecule has 7 aromatic carbocycles. The molecule has 3 aromatic heterocycles. The van der Waals surface area contributed by atoms with Gasteiger partial charge in [-0.05, 0) is 71.4 Å². The average Bonchev–Trinajstić information content (AvgIpc) is 3.76. The molecule has 44 heavy (non-hydrogen) atoms. The number of hydrogen-bond donors (Lipinski definition) is 0. The van der Waals surface area contributed by atoms with Crippen LogP contribution in [0.5, 0.6) is 0 Å². The van der Waals surface area contributed by atoms with Crippen LogP contribution in [0.25, 0.3) is 76.6 Å². The normalized spacial score (nSPS) is 12.1. The van der Waals surface area contributed by atoms with Crippen molar-refractivity contribution in [3.8, 4) is 0 Å². The Bertz CT molecular complexity index is 2730. The molecule has 0 amide bonds. The van der Waals surface area contributed by atoms with Gasteiger partial charge in [-0.25, -0.2) is 0 Å². The second-order valence-electron chi connectivity index (χ2n) is 11.3. The molecular weight excluding hydrogens is 542 g/mol. The van der Waals surface area contributed by atoms with E-state index in [1.807, 2.05) is 30.3 Å². The highest BCUT2D eigenvalue weighted by atomic mass is 16.3. The molecule has 0 unspecified atom stereocenters. The zero-order valence-electron chi connectivity index (χ0n) is 23.5. The maximum Gasteiger partial charge on any atom is 0.147 e. The summed E-state index contributed by atoms with van der Waals surface area (Å²) in [4.78, 5) is 2.28. The van der Waals surface area contributed by atoms with Crippen LogP contribution in [0, 0.1) is 0 Å². The van der Waals surface area contributed by atoms with Crippen molar-refractivity contribution < 1.29 is 13.3 Å². The molecule has 0 spiro atoms. The minimum atomic E-state index is 0.795. The number of hydrogen-bond acceptors (Lipinski definition) is 4. The molecule has 0 saturated heterocycles. The summed E-state index contributed by atoms with van der Waals surface area (Å²) in [5, 5.41) is 8.77. The molecule has 4 nitrogen and oxygen atoms in total. The molecule has 0 N–H and O–H groups in total. The van der Waals surface area contributed by atoms with Crippen LogP contribution in [0.1, 0.15) is 0 Å². The maximum absolute atomic E-state index is 6.68. The van der Waals surface area contributed by atoms with E-state index in [2.05, 4.69) is 114 Å². The maximum atomic E-state index is 6.68. The van der Waals surface area contributed by atoms with Crippen molar-refractivity contribution in [1.29, 1.82) is 0 Å². The third-order valence-electron chi connectivity index (χ3n) is 8.84. The van der Waals surface area contributed by atoms with E-state index in [-0.39, 0.29) is 0 Å². The Morgan fingerprint density at radius 1 is 0.364 bits per heavy atom. The molecular formula is C40H23NO3. The second kappa shape index (κ2) is 8.76. The largest absolute Gasteiger partial charge is 0.456 e. The highest BCUT2D eigenvalue weighted by molar-refractivity contribution is 6.28. The Morgan fingerprint density at radius 2 is 1.05 bits per heavy atom. The average molecular weight is 566 g/mol. The van der Waals surface area contributed by atoms with Gasteiger partial charge in [0.05, 0.1) is 16.5 Å². The first-order chi connectivity index (χ1) is 21.8. The van der Waals surface area contributed by atoms with E-state index in [1.54, 1.807) is 0 Å². The van der Waals surface area contributed by atoms with Crippen molar-refractivity contribution >= 4 is 93.7 Å². The Kier molecular flexibility index (Phi) is 4.69. The number of benzene rings is 7. The lowest BCUT2D eigenvalue weighted by atomic mass is 10.0. The van der Waals surface area contributed by atoms with Gasteiger partial charge < -0.3 is 18.2 Å². The lowest BCUT2D eigenvalue weighted by Crippen LogP contribution is -2.10. The summed E-state index contributed by atoms with van der Waals surface area (Å²) < 4.78 is 19.5. The molecule has 3 heterocycles. The van der Waals surface area contributed by atoms with Gasteiger partial charge in [0, 0.05) is 39.0 Å². The monoisotopic (exact) mass is 565 g/mol. The molecule has 0 radical (unpaired) electrons. The predicted octanol–water partition coefficient (Wildman–Crippen LogP) is 12.0. The number of fused-ring (bicyclic) bond motifs is 12. The van der Waals surface area contributed by atoms with E-state index in [9.17, 15) is 0 Å². The van der Waals surface area contributed by atoms with Crippen LogP contribution in [0.3, 0.4) is 0 Å². The Balaban J connectivity index is 1.30. The van der Waals surface area contributed by atoms with E-state index in [4.69, 9.17) is 13.3 Å². The van der Waals surface area contributed by atoms with Crippen molar-refractivity contribution in [3.63, 3.8) is 0 Å². The van der Waals surface area contributed by atoms with Gasteiger partial charge in [-0.15, -0.1) is 0 Å². The third kappa shape index (κ3) is 3.22. The van der Waals surface area contributed by atoms with Crippen LogP contribution >= 0.6 is 0 Å². The summed E-state index contributed by atoms with van der Waals surface area (Å²) in [6.07, 6.45) is 0. The predicted molar refractivity (Wildman–Crippen MR) is 180 cm³/mol. The van der Waals surface area contributed by atoms with Crippen molar-refractivity contribution in [2.24, 2.45) is 0 Å². The standard InChI is InChI=1S/C40H23NO3/c1-2-10-25(11-3-1)41(26-18-19-29-28-13-6-7-15-32(28)42-36(29)23-26)31-14-8-16-33-38(31)39-35(43-33)22-20-30-37-27-12-5-4-9-24(27)17-21-34(37)44-40(30)39/h1-23H. The number of para-hydroxylation sites is 2. The lowest BCUT2D eigenvalue weighted by molar-refractivity contribution is 0.663. The number of anilines is 3. The summed E-state index contributed by atoms with van der Waals surface area (Å²) in [6.45, 7) is 0. The van der Waals surface area contributed by atoms with Gasteiger partial charge in [-0.1, -0.05) is 72.8 Å². The molecule has 206 valence electrons. The van der Waals surface area contributed by atoms with E-state index in [0.717, 1.165) is 82.9 Å². The minimum Gasteiger partial charge on any atom is -0.456 e. The molecule has 0 aliphatic heterocycles. The molecule has 0 aliphatic carbocycles. The van der Waals surface area contributed by atoms with Gasteiger partial charge >= 0.3 is 0 Å². The fraction of sp³-hybridized carbons (Fsp3) is 0. The first-order valence-corrected chi connectivity index (χ1v) is 14.8. The van der Waals surface area contributed by atoms with Gasteiger partial charge in [0.1, 0.15) is 33.5 Å². The van der Waals surface area contributed by atoms with Gasteiger partial charge in [0.2, 0.25) is 0 Å². The molecule has 0 aliphatic rings. The molecule has 0 atom stereocenters. The summed E-state index contributed by atoms with van der Waals surface area (Å²) in [7, 11) is 0. The highest BCUT2D eigenvalue weighted by Crippen LogP contribution is 2.47. The summed E-state index contributed by atoms with van der Waals surface area (Å²) in [5.74, 6) is 0. The molecule has 0 bridgehead atoms. The van der Waals surface area contributed by atoms with Crippen LogP contribution in [-0.2, 0) is 0 Å². The van der Waals surface area contributed by atoms with Crippen LogP contribution in [-0.4, -0.2) is 0 Å². The van der Waals surface area contributed by atoms with E-state index < -0.39 is 0 Å². The molecule has 0 fully saturated rings. The van der Waals surface area contributed by atoms with Gasteiger partial charge in [0.15, 0.2) is 0 Å². The first-order valence-electron chi connectivity index (χ1n) is 14.8. The Labute approximate surface area is 250 Å². The van der Waals surface area contributed by atoms with Gasteiger partial charge in [-0.3, -0.25) is 0 Å². The van der Waals surface area contributed by atoms with Crippen LogP contribution < -0.4 is 4.90 Å². The molecule has 4 heteroatoms. The van der Waals surface area contributed by atoms with Crippen molar-refractivity contribution in [3.05, 3.63) is 140 Å². The van der Waals surface area contributed by atoms with Crippen LogP contribution in [0.2, 0.25) is 0 Å². The fourth-order valence-corrected chi connectivity index (χ4v) is 6.93. The fourth-order valence-electron chi connectivity index (χ4n) is 6.93. The van der Waals surface area contributed by atoms with E-state index in [0.29, 0.717) is 0 Å². The summed E-state index contributed by atoms with van der Waals surface area (Å²) in [5.41, 5.74) is 8.06. The van der Waals surface area contributed by atoms with Crippen molar-refractivity contribution in [2.45, 2.75) is 0 Å². The van der Waals surface area contributed by atoms with Crippen LogP contribution in [0.15, 0.2) is 153 Å². The van der Waals surface area contributed by atoms with Crippen molar-refractivity contribution in [2.75, 3.05) is 4.90 Å². The number of furan rings is 3. The second-order valence-corrected chi connectivity index (χ2v) is 11.3. The zero-order chi connectivity index (χ0) is 28.8. The summed E-state index contributed by atoms with van der Waals surface area (Å²) in [6, 6.07) is 48.2. The molecule has 10 aromatic rings. The smallest absolute Gasteiger partial charge is 0.147 e. The first kappa shape index (κ1) is 23.6. The Morgan fingerprint density at radius 3 is 1.98 bits per heavy atom. The van der Waals surface area contributed by atoms with E-state index >= 15 is 0 Å². The van der Waals surface area contributed by atoms with Gasteiger partial charge in [0.25, 0.3) is 0 Å². The Hall–Kier alpha value is -6.00. The van der Waals surface area contributed by atoms with Gasteiger partial charge in [-0.2, -0.15) is 0 Å². The van der Waals surface area contributed by atoms with Crippen molar-refractivity contribution in [1.82, 2.24) is 0 Å².